The smallest absolute Gasteiger partial charge is 0.159 e. The Morgan fingerprint density at radius 3 is 1.32 bits per heavy atom. The van der Waals surface area contributed by atoms with E-state index in [0.29, 0.717) is 0 Å². The molecule has 0 aliphatic rings. The SMILES string of the molecule is C=Cc1oc2c(N(c3ccc(-c4ccccc4)cc3)c3ccc4c5cc6c(cc5n5c7ccccc7c3c45)c3ccc(N(c4ccc(-c5ccccc5)cc4)c4cccc5c4oc4ccccc45)c4c5ccccc5n6c34)cccc2c1/C=C\C. The van der Waals surface area contributed by atoms with E-state index in [1.165, 1.54) is 76.3 Å². The van der Waals surface area contributed by atoms with Gasteiger partial charge in [-0.2, -0.15) is 0 Å². The van der Waals surface area contributed by atoms with E-state index >= 15 is 0 Å². The maximum Gasteiger partial charge on any atom is 0.159 e. The van der Waals surface area contributed by atoms with Gasteiger partial charge in [0.25, 0.3) is 0 Å². The summed E-state index contributed by atoms with van der Waals surface area (Å²) >= 11 is 0. The molecule has 18 rings (SSSR count). The van der Waals surface area contributed by atoms with Crippen molar-refractivity contribution in [3.63, 3.8) is 0 Å². The van der Waals surface area contributed by atoms with Gasteiger partial charge in [-0.1, -0.05) is 195 Å². The number of nitrogens with zero attached hydrogens (tertiary/aromatic N) is 4. The van der Waals surface area contributed by atoms with Crippen LogP contribution < -0.4 is 9.80 Å². The van der Waals surface area contributed by atoms with Crippen LogP contribution in [0, 0.1) is 0 Å². The fourth-order valence-corrected chi connectivity index (χ4v) is 14.2. The maximum absolute atomic E-state index is 6.87. The van der Waals surface area contributed by atoms with Crippen LogP contribution in [0.5, 0.6) is 0 Å². The molecule has 0 saturated heterocycles. The molecule has 398 valence electrons. The first-order valence-corrected chi connectivity index (χ1v) is 29.1. The molecular formula is C79H50N4O2. The van der Waals surface area contributed by atoms with Gasteiger partial charge in [-0.15, -0.1) is 0 Å². The van der Waals surface area contributed by atoms with Crippen LogP contribution in [0.1, 0.15) is 18.2 Å². The van der Waals surface area contributed by atoms with Crippen LogP contribution in [0.3, 0.4) is 0 Å². The van der Waals surface area contributed by atoms with Gasteiger partial charge in [0.15, 0.2) is 11.2 Å². The van der Waals surface area contributed by atoms with Gasteiger partial charge in [0.1, 0.15) is 11.3 Å². The second kappa shape index (κ2) is 18.1. The maximum atomic E-state index is 6.87. The van der Waals surface area contributed by atoms with Crippen molar-refractivity contribution in [2.45, 2.75) is 6.92 Å². The largest absolute Gasteiger partial charge is 0.454 e. The van der Waals surface area contributed by atoms with Crippen LogP contribution >= 0.6 is 0 Å². The number of furan rings is 2. The zero-order valence-corrected chi connectivity index (χ0v) is 46.3. The molecule has 6 heteroatoms. The van der Waals surface area contributed by atoms with Gasteiger partial charge in [0.2, 0.25) is 0 Å². The molecule has 6 nitrogen and oxygen atoms in total. The fraction of sp³-hybridized carbons (Fsp3) is 0.0127. The number of para-hydroxylation sites is 5. The highest BCUT2D eigenvalue weighted by Crippen LogP contribution is 2.53. The lowest BCUT2D eigenvalue weighted by molar-refractivity contribution is 0.604. The van der Waals surface area contributed by atoms with E-state index in [2.05, 4.69) is 286 Å². The van der Waals surface area contributed by atoms with Crippen LogP contribution in [-0.2, 0) is 0 Å². The summed E-state index contributed by atoms with van der Waals surface area (Å²) in [7, 11) is 0. The number of benzene rings is 12. The number of aromatic nitrogens is 2. The second-order valence-electron chi connectivity index (χ2n) is 22.3. The Morgan fingerprint density at radius 2 is 0.800 bits per heavy atom. The van der Waals surface area contributed by atoms with Crippen molar-refractivity contribution < 1.29 is 8.83 Å². The van der Waals surface area contributed by atoms with Crippen LogP contribution in [0.25, 0.3) is 144 Å². The quantitative estimate of drug-likeness (QED) is 0.137. The van der Waals surface area contributed by atoms with Gasteiger partial charge in [0.05, 0.1) is 55.8 Å². The molecular weight excluding hydrogens is 1040 g/mol. The van der Waals surface area contributed by atoms with Crippen LogP contribution in [0.2, 0.25) is 0 Å². The summed E-state index contributed by atoms with van der Waals surface area (Å²) in [5.41, 5.74) is 21.4. The zero-order chi connectivity index (χ0) is 56.0. The summed E-state index contributed by atoms with van der Waals surface area (Å²) in [6.45, 7) is 6.22. The Kier molecular flexibility index (Phi) is 10.1. The first kappa shape index (κ1) is 47.3. The molecule has 0 unspecified atom stereocenters. The Hall–Kier alpha value is -11.3. The van der Waals surface area contributed by atoms with Crippen molar-refractivity contribution >= 4 is 155 Å². The number of hydrogen-bond donors (Lipinski definition) is 0. The van der Waals surface area contributed by atoms with Crippen molar-refractivity contribution in [2.24, 2.45) is 0 Å². The standard InChI is InChI=1S/C79H50N4O2/c1-3-19-54-58-27-17-31-68(78(58)84-72(54)4-2)80(52-38-34-50(35-39-52)48-20-7-5-8-21-48)66-44-42-56-62-46-71-63(47-70(62)82-64-29-14-11-25-60(64)74(66)76(56)82)57-43-45-67(75-61-26-12-15-30-65(61)83(71)77(57)75)81(53-40-36-51(37-41-53)49-22-9-6-10-23-49)69-32-18-28-59-55-24-13-16-33-73(55)85-79(59)69/h3-47H,2H2,1H3/b19-3-. The third-order valence-corrected chi connectivity index (χ3v) is 17.9. The van der Waals surface area contributed by atoms with Gasteiger partial charge in [-0.05, 0) is 114 Å². The number of allylic oxidation sites excluding steroid dienone is 1. The lowest BCUT2D eigenvalue weighted by Gasteiger charge is -2.27. The number of fused-ring (bicyclic) bond motifs is 16. The minimum Gasteiger partial charge on any atom is -0.454 e. The third kappa shape index (κ3) is 6.70. The molecule has 85 heavy (non-hydrogen) atoms. The van der Waals surface area contributed by atoms with E-state index in [4.69, 9.17) is 8.83 Å². The van der Waals surface area contributed by atoms with E-state index in [0.717, 1.165) is 101 Å². The molecule has 0 atom stereocenters. The Labute approximate surface area is 488 Å². The molecule has 0 aliphatic heterocycles. The molecule has 6 heterocycles. The Balaban J connectivity index is 0.887. The van der Waals surface area contributed by atoms with E-state index in [-0.39, 0.29) is 0 Å². The van der Waals surface area contributed by atoms with Crippen molar-refractivity contribution in [1.29, 1.82) is 0 Å². The minimum absolute atomic E-state index is 0.746. The summed E-state index contributed by atoms with van der Waals surface area (Å²) in [6.07, 6.45) is 6.00. The van der Waals surface area contributed by atoms with E-state index in [1.54, 1.807) is 0 Å². The Bertz CT molecular complexity index is 5740. The van der Waals surface area contributed by atoms with E-state index in [1.807, 2.05) is 19.1 Å². The van der Waals surface area contributed by atoms with Crippen molar-refractivity contribution in [3.8, 4) is 22.3 Å². The zero-order valence-electron chi connectivity index (χ0n) is 46.3. The van der Waals surface area contributed by atoms with E-state index < -0.39 is 0 Å². The predicted octanol–water partition coefficient (Wildman–Crippen LogP) is 22.6. The van der Waals surface area contributed by atoms with Gasteiger partial charge < -0.3 is 27.4 Å². The normalized spacial score (nSPS) is 12.3. The molecule has 0 fully saturated rings. The molecule has 12 aromatic carbocycles. The van der Waals surface area contributed by atoms with Crippen LogP contribution in [0.15, 0.2) is 276 Å². The van der Waals surface area contributed by atoms with Crippen molar-refractivity contribution in [2.75, 3.05) is 9.80 Å². The summed E-state index contributed by atoms with van der Waals surface area (Å²) in [6, 6.07) is 92.7. The molecule has 0 amide bonds. The molecule has 0 spiro atoms. The summed E-state index contributed by atoms with van der Waals surface area (Å²) < 4.78 is 18.8. The van der Waals surface area contributed by atoms with E-state index in [9.17, 15) is 0 Å². The average molecular weight is 1090 g/mol. The predicted molar refractivity (Wildman–Crippen MR) is 358 cm³/mol. The van der Waals surface area contributed by atoms with Gasteiger partial charge in [0, 0.05) is 76.2 Å². The molecule has 0 aliphatic carbocycles. The second-order valence-corrected chi connectivity index (χ2v) is 22.3. The monoisotopic (exact) mass is 1090 g/mol. The summed E-state index contributed by atoms with van der Waals surface area (Å²) in [4.78, 5) is 4.82. The highest BCUT2D eigenvalue weighted by Gasteiger charge is 2.30. The lowest BCUT2D eigenvalue weighted by atomic mass is 10.0. The highest BCUT2D eigenvalue weighted by atomic mass is 16.3. The van der Waals surface area contributed by atoms with Gasteiger partial charge in [-0.3, -0.25) is 0 Å². The van der Waals surface area contributed by atoms with Crippen LogP contribution in [-0.4, -0.2) is 8.80 Å². The third-order valence-electron chi connectivity index (χ3n) is 17.9. The molecule has 0 saturated carbocycles. The molecule has 6 aromatic heterocycles. The van der Waals surface area contributed by atoms with Crippen LogP contribution in [0.4, 0.5) is 34.1 Å². The fourth-order valence-electron chi connectivity index (χ4n) is 14.2. The molecule has 18 aromatic rings. The topological polar surface area (TPSA) is 41.6 Å². The number of rotatable bonds is 10. The lowest BCUT2D eigenvalue weighted by Crippen LogP contribution is -2.10. The molecule has 0 radical (unpaired) electrons. The van der Waals surface area contributed by atoms with Gasteiger partial charge in [-0.25, -0.2) is 0 Å². The molecule has 0 N–H and O–H groups in total. The number of anilines is 6. The number of hydrogen-bond acceptors (Lipinski definition) is 4. The van der Waals surface area contributed by atoms with Crippen molar-refractivity contribution in [3.05, 3.63) is 279 Å². The van der Waals surface area contributed by atoms with Crippen molar-refractivity contribution in [1.82, 2.24) is 8.80 Å². The first-order chi connectivity index (χ1) is 42.1. The first-order valence-electron chi connectivity index (χ1n) is 29.1. The minimum atomic E-state index is 0.746. The summed E-state index contributed by atoms with van der Waals surface area (Å²) in [5, 5.41) is 12.7. The van der Waals surface area contributed by atoms with Gasteiger partial charge >= 0.3 is 0 Å². The molecule has 0 bridgehead atoms. The summed E-state index contributed by atoms with van der Waals surface area (Å²) in [5.74, 6) is 0.746. The highest BCUT2D eigenvalue weighted by molar-refractivity contribution is 6.32. The average Bonchev–Trinajstić information content (AvgIpc) is 1.60. The Morgan fingerprint density at radius 1 is 0.353 bits per heavy atom.